The van der Waals surface area contributed by atoms with Crippen LogP contribution in [0.2, 0.25) is 0 Å². The SMILES string of the molecule is CCNC(=NCc1ccnc(-n2ccnc2)c1)NCc1ccc(F)cc1CSC.I. The number of hydrogen-bond acceptors (Lipinski definition) is 4. The molecule has 0 amide bonds. The number of rotatable bonds is 8. The lowest BCUT2D eigenvalue weighted by molar-refractivity contribution is 0.625. The highest BCUT2D eigenvalue weighted by Gasteiger charge is 2.06. The van der Waals surface area contributed by atoms with Gasteiger partial charge in [-0.2, -0.15) is 11.8 Å². The number of hydrogen-bond donors (Lipinski definition) is 2. The zero-order valence-electron chi connectivity index (χ0n) is 17.0. The third kappa shape index (κ3) is 6.98. The standard InChI is InChI=1S/C21H25FN6S.HI/c1-3-24-21(27-13-17-4-5-19(22)11-18(17)14-29-2)26-12-16-6-7-25-20(10-16)28-9-8-23-15-28;/h4-11,15H,3,12-14H2,1-2H3,(H2,24,26,27);1H. The molecule has 160 valence electrons. The van der Waals surface area contributed by atoms with Crippen LogP contribution in [0.15, 0.2) is 60.2 Å². The molecule has 0 saturated heterocycles. The molecule has 0 bridgehead atoms. The third-order valence-corrected chi connectivity index (χ3v) is 4.86. The van der Waals surface area contributed by atoms with Crippen molar-refractivity contribution in [3.8, 4) is 5.82 Å². The van der Waals surface area contributed by atoms with E-state index in [1.165, 1.54) is 6.07 Å². The van der Waals surface area contributed by atoms with Crippen molar-refractivity contribution in [1.29, 1.82) is 0 Å². The minimum absolute atomic E-state index is 0. The Kier molecular flexibility index (Phi) is 10.1. The van der Waals surface area contributed by atoms with Crippen LogP contribution in [0.1, 0.15) is 23.6 Å². The van der Waals surface area contributed by atoms with Crippen molar-refractivity contribution in [3.05, 3.63) is 77.8 Å². The molecular formula is C21H26FIN6S. The van der Waals surface area contributed by atoms with Gasteiger partial charge in [0.1, 0.15) is 18.0 Å². The highest BCUT2D eigenvalue weighted by Crippen LogP contribution is 2.16. The first-order chi connectivity index (χ1) is 14.2. The number of imidazole rings is 1. The fraction of sp³-hybridized carbons (Fsp3) is 0.286. The van der Waals surface area contributed by atoms with Gasteiger partial charge in [-0.05, 0) is 54.1 Å². The molecule has 3 rings (SSSR count). The minimum atomic E-state index is -0.204. The number of benzene rings is 1. The molecule has 2 N–H and O–H groups in total. The summed E-state index contributed by atoms with van der Waals surface area (Å²) in [4.78, 5) is 13.1. The van der Waals surface area contributed by atoms with Gasteiger partial charge < -0.3 is 10.6 Å². The summed E-state index contributed by atoms with van der Waals surface area (Å²) in [5.41, 5.74) is 3.11. The Balaban J connectivity index is 0.00000320. The molecule has 2 aromatic heterocycles. The fourth-order valence-corrected chi connectivity index (χ4v) is 3.42. The van der Waals surface area contributed by atoms with Gasteiger partial charge in [0.25, 0.3) is 0 Å². The van der Waals surface area contributed by atoms with Crippen molar-refractivity contribution >= 4 is 41.7 Å². The van der Waals surface area contributed by atoms with Gasteiger partial charge in [-0.3, -0.25) is 4.57 Å². The zero-order chi connectivity index (χ0) is 20.5. The highest BCUT2D eigenvalue weighted by molar-refractivity contribution is 14.0. The Morgan fingerprint density at radius 2 is 2.03 bits per heavy atom. The molecule has 0 fully saturated rings. The number of aromatic nitrogens is 3. The Labute approximate surface area is 197 Å². The lowest BCUT2D eigenvalue weighted by Crippen LogP contribution is -2.37. The van der Waals surface area contributed by atoms with Crippen LogP contribution < -0.4 is 10.6 Å². The summed E-state index contributed by atoms with van der Waals surface area (Å²) in [6.07, 6.45) is 9.08. The molecule has 3 aromatic rings. The topological polar surface area (TPSA) is 67.1 Å². The lowest BCUT2D eigenvalue weighted by Gasteiger charge is -2.14. The molecule has 2 heterocycles. The van der Waals surface area contributed by atoms with Gasteiger partial charge in [0.15, 0.2) is 5.96 Å². The van der Waals surface area contributed by atoms with Crippen LogP contribution in [0.3, 0.4) is 0 Å². The molecule has 0 spiro atoms. The second kappa shape index (κ2) is 12.5. The monoisotopic (exact) mass is 540 g/mol. The molecule has 6 nitrogen and oxygen atoms in total. The van der Waals surface area contributed by atoms with Crippen LogP contribution in [0.5, 0.6) is 0 Å². The second-order valence-electron chi connectivity index (χ2n) is 6.39. The summed E-state index contributed by atoms with van der Waals surface area (Å²) in [6, 6.07) is 8.87. The van der Waals surface area contributed by atoms with E-state index in [2.05, 4.69) is 25.6 Å². The number of halogens is 2. The van der Waals surface area contributed by atoms with Gasteiger partial charge in [-0.1, -0.05) is 6.07 Å². The van der Waals surface area contributed by atoms with E-state index < -0.39 is 0 Å². The molecule has 0 unspecified atom stereocenters. The van der Waals surface area contributed by atoms with Gasteiger partial charge in [-0.15, -0.1) is 24.0 Å². The highest BCUT2D eigenvalue weighted by atomic mass is 127. The maximum Gasteiger partial charge on any atom is 0.191 e. The molecule has 1 aromatic carbocycles. The molecule has 0 aliphatic carbocycles. The Morgan fingerprint density at radius 1 is 1.17 bits per heavy atom. The van der Waals surface area contributed by atoms with E-state index in [1.54, 1.807) is 36.5 Å². The van der Waals surface area contributed by atoms with Crippen molar-refractivity contribution in [3.63, 3.8) is 0 Å². The molecule has 0 atom stereocenters. The first kappa shape index (κ1) is 24.1. The molecule has 30 heavy (non-hydrogen) atoms. The Bertz CT molecular complexity index is 948. The average Bonchev–Trinajstić information content (AvgIpc) is 3.27. The van der Waals surface area contributed by atoms with Gasteiger partial charge >= 0.3 is 0 Å². The van der Waals surface area contributed by atoms with Crippen LogP contribution in [0.25, 0.3) is 5.82 Å². The number of aliphatic imine (C=N–C) groups is 1. The summed E-state index contributed by atoms with van der Waals surface area (Å²) in [5, 5.41) is 6.60. The van der Waals surface area contributed by atoms with E-state index in [0.29, 0.717) is 19.0 Å². The van der Waals surface area contributed by atoms with Crippen LogP contribution >= 0.6 is 35.7 Å². The predicted molar refractivity (Wildman–Crippen MR) is 132 cm³/mol. The molecule has 9 heteroatoms. The van der Waals surface area contributed by atoms with Crippen LogP contribution in [-0.4, -0.2) is 33.3 Å². The number of thioether (sulfide) groups is 1. The van der Waals surface area contributed by atoms with Crippen LogP contribution in [0.4, 0.5) is 4.39 Å². The summed E-state index contributed by atoms with van der Waals surface area (Å²) in [6.45, 7) is 3.88. The summed E-state index contributed by atoms with van der Waals surface area (Å²) in [7, 11) is 0. The van der Waals surface area contributed by atoms with Gasteiger partial charge in [0.2, 0.25) is 0 Å². The van der Waals surface area contributed by atoms with E-state index in [9.17, 15) is 4.39 Å². The Hall–Kier alpha value is -2.14. The van der Waals surface area contributed by atoms with Crippen molar-refractivity contribution in [2.24, 2.45) is 4.99 Å². The predicted octanol–water partition coefficient (Wildman–Crippen LogP) is 4.14. The quantitative estimate of drug-likeness (QED) is 0.256. The first-order valence-electron chi connectivity index (χ1n) is 9.41. The molecular weight excluding hydrogens is 514 g/mol. The van der Waals surface area contributed by atoms with Gasteiger partial charge in [-0.25, -0.2) is 19.4 Å². The number of nitrogens with zero attached hydrogens (tertiary/aromatic N) is 4. The maximum atomic E-state index is 13.6. The van der Waals surface area contributed by atoms with Crippen molar-refractivity contribution in [1.82, 2.24) is 25.2 Å². The zero-order valence-corrected chi connectivity index (χ0v) is 20.2. The normalized spacial score (nSPS) is 11.1. The van der Waals surface area contributed by atoms with Gasteiger partial charge in [0, 0.05) is 37.4 Å². The van der Waals surface area contributed by atoms with Crippen LogP contribution in [0, 0.1) is 5.82 Å². The number of guanidine groups is 1. The van der Waals surface area contributed by atoms with Crippen molar-refractivity contribution < 1.29 is 4.39 Å². The van der Waals surface area contributed by atoms with Crippen LogP contribution in [-0.2, 0) is 18.8 Å². The van der Waals surface area contributed by atoms with E-state index in [1.807, 2.05) is 42.1 Å². The maximum absolute atomic E-state index is 13.6. The lowest BCUT2D eigenvalue weighted by atomic mass is 10.1. The Morgan fingerprint density at radius 3 is 2.77 bits per heavy atom. The van der Waals surface area contributed by atoms with E-state index in [4.69, 9.17) is 0 Å². The first-order valence-corrected chi connectivity index (χ1v) is 10.8. The summed E-state index contributed by atoms with van der Waals surface area (Å²) >= 11 is 1.68. The smallest absolute Gasteiger partial charge is 0.191 e. The number of pyridine rings is 1. The largest absolute Gasteiger partial charge is 0.357 e. The van der Waals surface area contributed by atoms with E-state index in [0.717, 1.165) is 34.8 Å². The molecule has 0 saturated carbocycles. The molecule has 0 aliphatic rings. The molecule has 0 aliphatic heterocycles. The molecule has 0 radical (unpaired) electrons. The van der Waals surface area contributed by atoms with E-state index in [-0.39, 0.29) is 29.8 Å². The van der Waals surface area contributed by atoms with Crippen molar-refractivity contribution in [2.45, 2.75) is 25.8 Å². The average molecular weight is 540 g/mol. The minimum Gasteiger partial charge on any atom is -0.357 e. The van der Waals surface area contributed by atoms with E-state index >= 15 is 0 Å². The third-order valence-electron chi connectivity index (χ3n) is 4.26. The van der Waals surface area contributed by atoms with Crippen molar-refractivity contribution in [2.75, 3.05) is 12.8 Å². The fourth-order valence-electron chi connectivity index (χ4n) is 2.84. The van der Waals surface area contributed by atoms with Gasteiger partial charge in [0.05, 0.1) is 6.54 Å². The number of nitrogens with one attached hydrogen (secondary N) is 2. The second-order valence-corrected chi connectivity index (χ2v) is 7.25. The summed E-state index contributed by atoms with van der Waals surface area (Å²) < 4.78 is 15.4. The summed E-state index contributed by atoms with van der Waals surface area (Å²) in [5.74, 6) is 2.09.